The summed E-state index contributed by atoms with van der Waals surface area (Å²) in [5, 5.41) is 10.1. The summed E-state index contributed by atoms with van der Waals surface area (Å²) in [5.41, 5.74) is 2.05. The highest BCUT2D eigenvalue weighted by Gasteiger charge is 2.19. The Kier molecular flexibility index (Phi) is 3.83. The lowest BCUT2D eigenvalue weighted by Gasteiger charge is -2.04. The molecule has 0 unspecified atom stereocenters. The minimum absolute atomic E-state index is 0.0895. The van der Waals surface area contributed by atoms with E-state index in [1.54, 1.807) is 13.0 Å². The maximum atomic E-state index is 12.3. The number of esters is 1. The molecule has 2 aromatic carbocycles. The van der Waals surface area contributed by atoms with E-state index in [9.17, 15) is 9.90 Å². The zero-order valence-electron chi connectivity index (χ0n) is 12.2. The molecule has 22 heavy (non-hydrogen) atoms. The van der Waals surface area contributed by atoms with E-state index in [0.29, 0.717) is 35.3 Å². The van der Waals surface area contributed by atoms with Crippen LogP contribution in [-0.2, 0) is 11.2 Å². The number of carbonyl (C=O) groups is 1. The third kappa shape index (κ3) is 2.81. The number of ether oxygens (including phenoxy) is 1. The number of carbonyl (C=O) groups excluding carboxylic acids is 1. The van der Waals surface area contributed by atoms with Crippen LogP contribution in [0.15, 0.2) is 52.9 Å². The zero-order valence-corrected chi connectivity index (χ0v) is 12.2. The predicted molar refractivity (Wildman–Crippen MR) is 83.0 cm³/mol. The van der Waals surface area contributed by atoms with Crippen LogP contribution >= 0.6 is 0 Å². The van der Waals surface area contributed by atoms with Crippen molar-refractivity contribution in [1.82, 2.24) is 0 Å². The number of phenols is 1. The second kappa shape index (κ2) is 5.93. The molecule has 3 rings (SSSR count). The van der Waals surface area contributed by atoms with Gasteiger partial charge in [0.15, 0.2) is 0 Å². The maximum absolute atomic E-state index is 12.3. The minimum atomic E-state index is -0.433. The van der Waals surface area contributed by atoms with Crippen molar-refractivity contribution in [3.8, 4) is 5.75 Å². The fourth-order valence-corrected chi connectivity index (χ4v) is 2.44. The standard InChI is InChI=1S/C18H16O4/c1-12-17(15-11-14(19)7-8-16(15)22-12)18(20)21-10-9-13-5-3-2-4-6-13/h2-8,11,19H,9-10H2,1H3. The second-order valence-corrected chi connectivity index (χ2v) is 5.09. The van der Waals surface area contributed by atoms with Gasteiger partial charge in [-0.2, -0.15) is 0 Å². The lowest BCUT2D eigenvalue weighted by molar-refractivity contribution is 0.0509. The van der Waals surface area contributed by atoms with Crippen LogP contribution in [0.4, 0.5) is 0 Å². The van der Waals surface area contributed by atoms with Crippen molar-refractivity contribution < 1.29 is 19.1 Å². The predicted octanol–water partition coefficient (Wildman–Crippen LogP) is 3.85. The van der Waals surface area contributed by atoms with Crippen LogP contribution in [0.25, 0.3) is 11.0 Å². The molecule has 1 aromatic heterocycles. The molecule has 0 aliphatic rings. The molecule has 0 aliphatic heterocycles. The molecule has 0 saturated heterocycles. The first kappa shape index (κ1) is 14.2. The highest BCUT2D eigenvalue weighted by atomic mass is 16.5. The molecule has 0 saturated carbocycles. The van der Waals surface area contributed by atoms with Gasteiger partial charge in [0.25, 0.3) is 0 Å². The number of aryl methyl sites for hydroxylation is 1. The smallest absolute Gasteiger partial charge is 0.342 e. The van der Waals surface area contributed by atoms with Gasteiger partial charge < -0.3 is 14.3 Å². The van der Waals surface area contributed by atoms with Gasteiger partial charge >= 0.3 is 5.97 Å². The molecule has 3 aromatic rings. The summed E-state index contributed by atoms with van der Waals surface area (Å²) in [4.78, 5) is 12.3. The van der Waals surface area contributed by atoms with Crippen LogP contribution in [0.5, 0.6) is 5.75 Å². The van der Waals surface area contributed by atoms with E-state index in [0.717, 1.165) is 5.56 Å². The van der Waals surface area contributed by atoms with Crippen LogP contribution < -0.4 is 0 Å². The third-order valence-corrected chi connectivity index (χ3v) is 3.52. The molecule has 0 amide bonds. The monoisotopic (exact) mass is 296 g/mol. The van der Waals surface area contributed by atoms with Gasteiger partial charge in [-0.1, -0.05) is 30.3 Å². The largest absolute Gasteiger partial charge is 0.508 e. The molecule has 0 radical (unpaired) electrons. The summed E-state index contributed by atoms with van der Waals surface area (Å²) in [5.74, 6) is 0.148. The molecular weight excluding hydrogens is 280 g/mol. The lowest BCUT2D eigenvalue weighted by Crippen LogP contribution is -2.08. The summed E-state index contributed by atoms with van der Waals surface area (Å²) in [6.07, 6.45) is 0.659. The van der Waals surface area contributed by atoms with E-state index in [1.807, 2.05) is 30.3 Å². The first-order chi connectivity index (χ1) is 10.6. The molecule has 4 heteroatoms. The fraction of sp³-hybridized carbons (Fsp3) is 0.167. The van der Waals surface area contributed by atoms with Crippen molar-refractivity contribution >= 4 is 16.9 Å². The average molecular weight is 296 g/mol. The molecule has 1 heterocycles. The van der Waals surface area contributed by atoms with Gasteiger partial charge in [-0.15, -0.1) is 0 Å². The van der Waals surface area contributed by atoms with Gasteiger partial charge in [0, 0.05) is 11.8 Å². The SMILES string of the molecule is Cc1oc2ccc(O)cc2c1C(=O)OCCc1ccccc1. The van der Waals surface area contributed by atoms with Gasteiger partial charge in [-0.05, 0) is 30.7 Å². The van der Waals surface area contributed by atoms with E-state index < -0.39 is 5.97 Å². The van der Waals surface area contributed by atoms with E-state index in [-0.39, 0.29) is 5.75 Å². The molecule has 0 aliphatic carbocycles. The summed E-state index contributed by atoms with van der Waals surface area (Å²) in [7, 11) is 0. The Balaban J connectivity index is 1.75. The lowest BCUT2D eigenvalue weighted by atomic mass is 10.1. The Labute approximate surface area is 127 Å². The van der Waals surface area contributed by atoms with Crippen LogP contribution in [0.3, 0.4) is 0 Å². The van der Waals surface area contributed by atoms with Crippen LogP contribution in [0, 0.1) is 6.92 Å². The number of hydrogen-bond donors (Lipinski definition) is 1. The Morgan fingerprint density at radius 3 is 2.73 bits per heavy atom. The number of rotatable bonds is 4. The molecule has 0 fully saturated rings. The Hall–Kier alpha value is -2.75. The molecule has 0 spiro atoms. The summed E-state index contributed by atoms with van der Waals surface area (Å²) >= 11 is 0. The Morgan fingerprint density at radius 2 is 1.95 bits per heavy atom. The van der Waals surface area contributed by atoms with Crippen molar-refractivity contribution in [2.24, 2.45) is 0 Å². The average Bonchev–Trinajstić information content (AvgIpc) is 2.83. The van der Waals surface area contributed by atoms with E-state index in [4.69, 9.17) is 9.15 Å². The topological polar surface area (TPSA) is 59.7 Å². The van der Waals surface area contributed by atoms with E-state index in [2.05, 4.69) is 0 Å². The molecule has 0 bridgehead atoms. The molecule has 0 atom stereocenters. The van der Waals surface area contributed by atoms with Crippen LogP contribution in [-0.4, -0.2) is 17.7 Å². The van der Waals surface area contributed by atoms with Crippen molar-refractivity contribution in [3.05, 3.63) is 65.4 Å². The number of aromatic hydroxyl groups is 1. The molecule has 112 valence electrons. The first-order valence-electron chi connectivity index (χ1n) is 7.08. The number of phenolic OH excluding ortho intramolecular Hbond substituents is 1. The fourth-order valence-electron chi connectivity index (χ4n) is 2.44. The second-order valence-electron chi connectivity index (χ2n) is 5.09. The van der Waals surface area contributed by atoms with E-state index in [1.165, 1.54) is 12.1 Å². The Bertz CT molecular complexity index is 803. The first-order valence-corrected chi connectivity index (χ1v) is 7.08. The zero-order chi connectivity index (χ0) is 15.5. The number of fused-ring (bicyclic) bond motifs is 1. The maximum Gasteiger partial charge on any atom is 0.342 e. The Morgan fingerprint density at radius 1 is 1.18 bits per heavy atom. The van der Waals surface area contributed by atoms with Gasteiger partial charge in [-0.25, -0.2) is 4.79 Å². The van der Waals surface area contributed by atoms with Crippen molar-refractivity contribution in [1.29, 1.82) is 0 Å². The molecular formula is C18H16O4. The van der Waals surface area contributed by atoms with Crippen LogP contribution in [0.2, 0.25) is 0 Å². The molecule has 4 nitrogen and oxygen atoms in total. The van der Waals surface area contributed by atoms with Crippen molar-refractivity contribution in [2.45, 2.75) is 13.3 Å². The van der Waals surface area contributed by atoms with E-state index >= 15 is 0 Å². The van der Waals surface area contributed by atoms with Gasteiger partial charge in [0.2, 0.25) is 0 Å². The van der Waals surface area contributed by atoms with Crippen LogP contribution in [0.1, 0.15) is 21.7 Å². The van der Waals surface area contributed by atoms with Gasteiger partial charge in [0.1, 0.15) is 22.7 Å². The number of furan rings is 1. The number of benzene rings is 2. The summed E-state index contributed by atoms with van der Waals surface area (Å²) in [6, 6.07) is 14.5. The highest BCUT2D eigenvalue weighted by molar-refractivity contribution is 6.04. The summed E-state index contributed by atoms with van der Waals surface area (Å²) in [6.45, 7) is 2.01. The normalized spacial score (nSPS) is 10.8. The van der Waals surface area contributed by atoms with Gasteiger partial charge in [0.05, 0.1) is 6.61 Å². The van der Waals surface area contributed by atoms with Crippen molar-refractivity contribution in [2.75, 3.05) is 6.61 Å². The number of hydrogen-bond acceptors (Lipinski definition) is 4. The highest BCUT2D eigenvalue weighted by Crippen LogP contribution is 2.29. The molecule has 1 N–H and O–H groups in total. The third-order valence-electron chi connectivity index (χ3n) is 3.52. The quantitative estimate of drug-likeness (QED) is 0.743. The minimum Gasteiger partial charge on any atom is -0.508 e. The van der Waals surface area contributed by atoms with Crippen molar-refractivity contribution in [3.63, 3.8) is 0 Å². The van der Waals surface area contributed by atoms with Gasteiger partial charge in [-0.3, -0.25) is 0 Å². The summed E-state index contributed by atoms with van der Waals surface area (Å²) < 4.78 is 10.9.